The summed E-state index contributed by atoms with van der Waals surface area (Å²) in [6.45, 7) is 3.08. The summed E-state index contributed by atoms with van der Waals surface area (Å²) < 4.78 is 1.74. The third-order valence-electron chi connectivity index (χ3n) is 4.47. The maximum atomic E-state index is 12.8. The third-order valence-corrected chi connectivity index (χ3v) is 4.78. The molecule has 122 valence electrons. The standard InChI is InChI=1S/C17H20ClN3O2/c1-11-3-4-14(16(18)5-11)17(23)21-8-13(10-22)15(9-21)12-6-19-20(2)7-12/h3-7,13,15,22H,8-10H2,1-2H3/t13-,15-/m0/s1. The molecular formula is C17H20ClN3O2. The number of nitrogens with zero attached hydrogens (tertiary/aromatic N) is 3. The number of hydrogen-bond donors (Lipinski definition) is 1. The normalized spacial score (nSPS) is 21.0. The van der Waals surface area contributed by atoms with Crippen molar-refractivity contribution in [2.75, 3.05) is 19.7 Å². The van der Waals surface area contributed by atoms with Crippen molar-refractivity contribution in [2.45, 2.75) is 12.8 Å². The average Bonchev–Trinajstić information content (AvgIpc) is 3.12. The van der Waals surface area contributed by atoms with Gasteiger partial charge in [-0.05, 0) is 30.2 Å². The highest BCUT2D eigenvalue weighted by molar-refractivity contribution is 6.33. The van der Waals surface area contributed by atoms with E-state index in [1.54, 1.807) is 27.9 Å². The molecular weight excluding hydrogens is 314 g/mol. The number of hydrogen-bond acceptors (Lipinski definition) is 3. The Labute approximate surface area is 140 Å². The van der Waals surface area contributed by atoms with Gasteiger partial charge in [-0.15, -0.1) is 0 Å². The monoisotopic (exact) mass is 333 g/mol. The number of carbonyl (C=O) groups excluding carboxylic acids is 1. The predicted octanol–water partition coefficient (Wildman–Crippen LogP) is 2.23. The largest absolute Gasteiger partial charge is 0.396 e. The molecule has 1 aromatic carbocycles. The van der Waals surface area contributed by atoms with E-state index in [0.29, 0.717) is 23.7 Å². The maximum absolute atomic E-state index is 12.8. The molecule has 1 N–H and O–H groups in total. The second-order valence-electron chi connectivity index (χ2n) is 6.19. The fourth-order valence-corrected chi connectivity index (χ4v) is 3.51. The van der Waals surface area contributed by atoms with Crippen LogP contribution >= 0.6 is 11.6 Å². The molecule has 1 aromatic heterocycles. The fraction of sp³-hybridized carbons (Fsp3) is 0.412. The zero-order chi connectivity index (χ0) is 16.6. The van der Waals surface area contributed by atoms with Crippen LogP contribution in [-0.2, 0) is 7.05 Å². The van der Waals surface area contributed by atoms with Gasteiger partial charge >= 0.3 is 0 Å². The number of halogens is 1. The zero-order valence-electron chi connectivity index (χ0n) is 13.2. The minimum atomic E-state index is -0.0835. The first kappa shape index (κ1) is 16.0. The van der Waals surface area contributed by atoms with Crippen molar-refractivity contribution < 1.29 is 9.90 Å². The van der Waals surface area contributed by atoms with Crippen LogP contribution in [0.5, 0.6) is 0 Å². The summed E-state index contributed by atoms with van der Waals surface area (Å²) in [7, 11) is 1.86. The van der Waals surface area contributed by atoms with Crippen molar-refractivity contribution in [2.24, 2.45) is 13.0 Å². The number of aliphatic hydroxyl groups is 1. The molecule has 2 atom stereocenters. The van der Waals surface area contributed by atoms with E-state index in [1.165, 1.54) is 0 Å². The highest BCUT2D eigenvalue weighted by Gasteiger charge is 2.37. The molecule has 1 aliphatic rings. The van der Waals surface area contributed by atoms with Crippen LogP contribution in [-0.4, -0.2) is 45.4 Å². The Morgan fingerprint density at radius 3 is 2.83 bits per heavy atom. The van der Waals surface area contributed by atoms with Crippen LogP contribution in [0.15, 0.2) is 30.6 Å². The van der Waals surface area contributed by atoms with E-state index < -0.39 is 0 Å². The predicted molar refractivity (Wildman–Crippen MR) is 88.6 cm³/mol. The molecule has 0 saturated carbocycles. The minimum absolute atomic E-state index is 0.0207. The number of amides is 1. The summed E-state index contributed by atoms with van der Waals surface area (Å²) in [5.41, 5.74) is 2.59. The second-order valence-corrected chi connectivity index (χ2v) is 6.60. The van der Waals surface area contributed by atoms with E-state index in [0.717, 1.165) is 11.1 Å². The van der Waals surface area contributed by atoms with E-state index >= 15 is 0 Å². The summed E-state index contributed by atoms with van der Waals surface area (Å²) in [4.78, 5) is 14.5. The SMILES string of the molecule is Cc1ccc(C(=O)N2C[C@@H](CO)[C@H](c3cnn(C)c3)C2)c(Cl)c1. The summed E-state index contributed by atoms with van der Waals surface area (Å²) in [6, 6.07) is 5.45. The van der Waals surface area contributed by atoms with Gasteiger partial charge in [-0.3, -0.25) is 9.48 Å². The molecule has 0 bridgehead atoms. The van der Waals surface area contributed by atoms with Crippen molar-refractivity contribution in [3.8, 4) is 0 Å². The van der Waals surface area contributed by atoms with Gasteiger partial charge in [0.2, 0.25) is 0 Å². The quantitative estimate of drug-likeness (QED) is 0.937. The Balaban J connectivity index is 1.82. The van der Waals surface area contributed by atoms with Crippen LogP contribution in [0.3, 0.4) is 0 Å². The highest BCUT2D eigenvalue weighted by atomic mass is 35.5. The third kappa shape index (κ3) is 3.12. The van der Waals surface area contributed by atoms with E-state index in [2.05, 4.69) is 5.10 Å². The summed E-state index contributed by atoms with van der Waals surface area (Å²) in [5.74, 6) is 0.0362. The molecule has 1 saturated heterocycles. The number of rotatable bonds is 3. The number of aliphatic hydroxyl groups excluding tert-OH is 1. The van der Waals surface area contributed by atoms with Gasteiger partial charge in [0.15, 0.2) is 0 Å². The van der Waals surface area contributed by atoms with Gasteiger partial charge in [-0.2, -0.15) is 5.10 Å². The van der Waals surface area contributed by atoms with E-state index in [-0.39, 0.29) is 24.3 Å². The first-order chi connectivity index (χ1) is 11.0. The molecule has 6 heteroatoms. The van der Waals surface area contributed by atoms with Gasteiger partial charge in [0.25, 0.3) is 5.91 Å². The van der Waals surface area contributed by atoms with Crippen molar-refractivity contribution >= 4 is 17.5 Å². The molecule has 3 rings (SSSR count). The lowest BCUT2D eigenvalue weighted by atomic mass is 9.92. The lowest BCUT2D eigenvalue weighted by Crippen LogP contribution is -2.29. The highest BCUT2D eigenvalue weighted by Crippen LogP contribution is 2.33. The van der Waals surface area contributed by atoms with Crippen LogP contribution in [0.25, 0.3) is 0 Å². The van der Waals surface area contributed by atoms with Gasteiger partial charge in [0.1, 0.15) is 0 Å². The Hall–Kier alpha value is -1.85. The van der Waals surface area contributed by atoms with Crippen LogP contribution in [0.1, 0.15) is 27.4 Å². The number of benzene rings is 1. The zero-order valence-corrected chi connectivity index (χ0v) is 14.0. The lowest BCUT2D eigenvalue weighted by molar-refractivity contribution is 0.0781. The van der Waals surface area contributed by atoms with Gasteiger partial charge < -0.3 is 10.0 Å². The molecule has 23 heavy (non-hydrogen) atoms. The van der Waals surface area contributed by atoms with Crippen LogP contribution < -0.4 is 0 Å². The van der Waals surface area contributed by atoms with Crippen molar-refractivity contribution in [1.82, 2.24) is 14.7 Å². The van der Waals surface area contributed by atoms with E-state index in [4.69, 9.17) is 11.6 Å². The lowest BCUT2D eigenvalue weighted by Gasteiger charge is -2.17. The van der Waals surface area contributed by atoms with Crippen molar-refractivity contribution in [3.63, 3.8) is 0 Å². The van der Waals surface area contributed by atoms with Gasteiger partial charge in [0.05, 0.1) is 16.8 Å². The molecule has 1 fully saturated rings. The molecule has 0 radical (unpaired) electrons. The molecule has 1 aliphatic heterocycles. The molecule has 0 aliphatic carbocycles. The Kier molecular flexibility index (Phi) is 4.41. The van der Waals surface area contributed by atoms with Crippen molar-refractivity contribution in [1.29, 1.82) is 0 Å². The summed E-state index contributed by atoms with van der Waals surface area (Å²) >= 11 is 6.22. The van der Waals surface area contributed by atoms with Crippen molar-refractivity contribution in [3.05, 3.63) is 52.3 Å². The number of carbonyl (C=O) groups is 1. The smallest absolute Gasteiger partial charge is 0.255 e. The average molecular weight is 334 g/mol. The van der Waals surface area contributed by atoms with Crippen LogP contribution in [0, 0.1) is 12.8 Å². The van der Waals surface area contributed by atoms with Gasteiger partial charge in [0, 0.05) is 44.8 Å². The molecule has 5 nitrogen and oxygen atoms in total. The first-order valence-corrected chi connectivity index (χ1v) is 8.02. The number of aryl methyl sites for hydroxylation is 2. The fourth-order valence-electron chi connectivity index (χ4n) is 3.20. The summed E-state index contributed by atoms with van der Waals surface area (Å²) in [5, 5.41) is 14.3. The molecule has 1 amide bonds. The molecule has 2 heterocycles. The minimum Gasteiger partial charge on any atom is -0.396 e. The second kappa shape index (κ2) is 6.34. The van der Waals surface area contributed by atoms with Crippen LogP contribution in [0.4, 0.5) is 0 Å². The number of likely N-dealkylation sites (tertiary alicyclic amines) is 1. The Bertz CT molecular complexity index is 728. The first-order valence-electron chi connectivity index (χ1n) is 7.64. The topological polar surface area (TPSA) is 58.4 Å². The molecule has 0 spiro atoms. The number of aromatic nitrogens is 2. The van der Waals surface area contributed by atoms with Crippen LogP contribution in [0.2, 0.25) is 5.02 Å². The van der Waals surface area contributed by atoms with Gasteiger partial charge in [-0.25, -0.2) is 0 Å². The summed E-state index contributed by atoms with van der Waals surface area (Å²) in [6.07, 6.45) is 3.75. The van der Waals surface area contributed by atoms with E-state index in [1.807, 2.05) is 26.2 Å². The molecule has 0 unspecified atom stereocenters. The Morgan fingerprint density at radius 2 is 2.22 bits per heavy atom. The van der Waals surface area contributed by atoms with Gasteiger partial charge in [-0.1, -0.05) is 17.7 Å². The Morgan fingerprint density at radius 1 is 1.43 bits per heavy atom. The molecule has 2 aromatic rings. The van der Waals surface area contributed by atoms with E-state index in [9.17, 15) is 9.90 Å². The maximum Gasteiger partial charge on any atom is 0.255 e.